The van der Waals surface area contributed by atoms with Gasteiger partial charge in [0.15, 0.2) is 0 Å². The van der Waals surface area contributed by atoms with Gasteiger partial charge >= 0.3 is 0 Å². The number of nitrogens with zero attached hydrogens (tertiary/aromatic N) is 2. The molecule has 2 amide bonds. The van der Waals surface area contributed by atoms with Crippen molar-refractivity contribution in [2.45, 2.75) is 25.8 Å². The Morgan fingerprint density at radius 3 is 2.52 bits per heavy atom. The lowest BCUT2D eigenvalue weighted by molar-refractivity contribution is 0.0724. The minimum Gasteiger partial charge on any atom is -0.347 e. The van der Waals surface area contributed by atoms with Crippen molar-refractivity contribution in [3.05, 3.63) is 64.4 Å². The van der Waals surface area contributed by atoms with Crippen molar-refractivity contribution in [3.63, 3.8) is 0 Å². The van der Waals surface area contributed by atoms with Gasteiger partial charge < -0.3 is 10.2 Å². The molecule has 1 saturated heterocycles. The molecule has 0 atom stereocenters. The predicted molar refractivity (Wildman–Crippen MR) is 96.6 cm³/mol. The second-order valence-electron chi connectivity index (χ2n) is 6.09. The number of likely N-dealkylation sites (tertiary alicyclic amines) is 1. The Kier molecular flexibility index (Phi) is 5.66. The molecule has 1 aliphatic rings. The number of hydrogen-bond donors (Lipinski definition) is 1. The second kappa shape index (κ2) is 8.12. The highest BCUT2D eigenvalue weighted by atomic mass is 35.5. The van der Waals surface area contributed by atoms with E-state index in [-0.39, 0.29) is 17.5 Å². The molecule has 0 aliphatic carbocycles. The van der Waals surface area contributed by atoms with E-state index in [0.717, 1.165) is 31.5 Å². The van der Waals surface area contributed by atoms with E-state index in [1.54, 1.807) is 24.3 Å². The molecule has 1 aromatic heterocycles. The molecule has 1 fully saturated rings. The average molecular weight is 358 g/mol. The van der Waals surface area contributed by atoms with E-state index in [1.807, 2.05) is 17.0 Å². The van der Waals surface area contributed by atoms with Crippen LogP contribution in [0, 0.1) is 0 Å². The number of rotatable bonds is 4. The minimum absolute atomic E-state index is 0.0335. The SMILES string of the molecule is O=C(NCc1ccc(Cl)cc1)c1cc(C(=O)N2CCCCC2)ccn1. The highest BCUT2D eigenvalue weighted by Crippen LogP contribution is 2.14. The van der Waals surface area contributed by atoms with Crippen LogP contribution in [0.1, 0.15) is 45.7 Å². The number of carbonyl (C=O) groups is 2. The monoisotopic (exact) mass is 357 g/mol. The summed E-state index contributed by atoms with van der Waals surface area (Å²) in [6.07, 6.45) is 4.74. The van der Waals surface area contributed by atoms with Gasteiger partial charge in [0, 0.05) is 36.4 Å². The van der Waals surface area contributed by atoms with Crippen molar-refractivity contribution in [2.75, 3.05) is 13.1 Å². The van der Waals surface area contributed by atoms with Crippen molar-refractivity contribution >= 4 is 23.4 Å². The third-order valence-electron chi connectivity index (χ3n) is 4.25. The van der Waals surface area contributed by atoms with E-state index in [4.69, 9.17) is 11.6 Å². The molecule has 1 N–H and O–H groups in total. The first kappa shape index (κ1) is 17.4. The van der Waals surface area contributed by atoms with Crippen LogP contribution in [-0.4, -0.2) is 34.8 Å². The lowest BCUT2D eigenvalue weighted by Crippen LogP contribution is -2.35. The summed E-state index contributed by atoms with van der Waals surface area (Å²) in [5.74, 6) is -0.336. The van der Waals surface area contributed by atoms with Gasteiger partial charge in [0.25, 0.3) is 11.8 Å². The summed E-state index contributed by atoms with van der Waals surface area (Å²) >= 11 is 5.85. The summed E-state index contributed by atoms with van der Waals surface area (Å²) in [7, 11) is 0. The number of amides is 2. The van der Waals surface area contributed by atoms with Crippen LogP contribution in [0.25, 0.3) is 0 Å². The molecule has 0 radical (unpaired) electrons. The summed E-state index contributed by atoms with van der Waals surface area (Å²) in [5, 5.41) is 3.46. The van der Waals surface area contributed by atoms with Crippen LogP contribution in [0.15, 0.2) is 42.6 Å². The molecule has 1 aliphatic heterocycles. The summed E-state index contributed by atoms with van der Waals surface area (Å²) in [6.45, 7) is 1.93. The second-order valence-corrected chi connectivity index (χ2v) is 6.53. The highest BCUT2D eigenvalue weighted by molar-refractivity contribution is 6.30. The first-order valence-electron chi connectivity index (χ1n) is 8.41. The lowest BCUT2D eigenvalue weighted by atomic mass is 10.1. The van der Waals surface area contributed by atoms with Gasteiger partial charge in [-0.3, -0.25) is 14.6 Å². The van der Waals surface area contributed by atoms with Crippen molar-refractivity contribution < 1.29 is 9.59 Å². The summed E-state index contributed by atoms with van der Waals surface area (Å²) in [6, 6.07) is 10.5. The van der Waals surface area contributed by atoms with Gasteiger partial charge in [-0.25, -0.2) is 0 Å². The molecule has 1 aromatic carbocycles. The zero-order valence-electron chi connectivity index (χ0n) is 13.9. The maximum atomic E-state index is 12.5. The minimum atomic E-state index is -0.303. The Labute approximate surface area is 152 Å². The number of aromatic nitrogens is 1. The number of piperidine rings is 1. The number of nitrogens with one attached hydrogen (secondary N) is 1. The Bertz CT molecular complexity index is 756. The Balaban J connectivity index is 1.64. The Morgan fingerprint density at radius 1 is 1.08 bits per heavy atom. The molecule has 130 valence electrons. The maximum absolute atomic E-state index is 12.5. The van der Waals surface area contributed by atoms with Crippen LogP contribution in [0.3, 0.4) is 0 Å². The van der Waals surface area contributed by atoms with Gasteiger partial charge in [0.05, 0.1) is 0 Å². The van der Waals surface area contributed by atoms with Crippen molar-refractivity contribution in [1.82, 2.24) is 15.2 Å². The fraction of sp³-hybridized carbons (Fsp3) is 0.316. The van der Waals surface area contributed by atoms with Gasteiger partial charge in [0.1, 0.15) is 5.69 Å². The van der Waals surface area contributed by atoms with Gasteiger partial charge in [-0.05, 0) is 49.1 Å². The third-order valence-corrected chi connectivity index (χ3v) is 4.50. The van der Waals surface area contributed by atoms with Crippen molar-refractivity contribution in [2.24, 2.45) is 0 Å². The van der Waals surface area contributed by atoms with E-state index in [0.29, 0.717) is 17.1 Å². The highest BCUT2D eigenvalue weighted by Gasteiger charge is 2.19. The fourth-order valence-corrected chi connectivity index (χ4v) is 2.97. The first-order valence-corrected chi connectivity index (χ1v) is 8.79. The molecular formula is C19H20ClN3O2. The van der Waals surface area contributed by atoms with Gasteiger partial charge in [-0.15, -0.1) is 0 Å². The molecule has 6 heteroatoms. The molecule has 2 aromatic rings. The number of benzene rings is 1. The van der Waals surface area contributed by atoms with Crippen LogP contribution in [-0.2, 0) is 6.54 Å². The van der Waals surface area contributed by atoms with Crippen LogP contribution >= 0.6 is 11.6 Å². The van der Waals surface area contributed by atoms with E-state index in [9.17, 15) is 9.59 Å². The standard InChI is InChI=1S/C19H20ClN3O2/c20-16-6-4-14(5-7-16)13-22-18(24)17-12-15(8-9-21-17)19(25)23-10-2-1-3-11-23/h4-9,12H,1-3,10-11,13H2,(H,22,24). The Hall–Kier alpha value is -2.40. The van der Waals surface area contributed by atoms with Gasteiger partial charge in [-0.1, -0.05) is 23.7 Å². The van der Waals surface area contributed by atoms with Crippen LogP contribution in [0.5, 0.6) is 0 Å². The Morgan fingerprint density at radius 2 is 1.80 bits per heavy atom. The van der Waals surface area contributed by atoms with Gasteiger partial charge in [-0.2, -0.15) is 0 Å². The van der Waals surface area contributed by atoms with E-state index < -0.39 is 0 Å². The first-order chi connectivity index (χ1) is 12.1. The summed E-state index contributed by atoms with van der Waals surface area (Å²) in [5.41, 5.74) is 1.70. The molecule has 0 bridgehead atoms. The van der Waals surface area contributed by atoms with E-state index >= 15 is 0 Å². The number of carbonyl (C=O) groups excluding carboxylic acids is 2. The summed E-state index contributed by atoms with van der Waals surface area (Å²) < 4.78 is 0. The molecule has 0 spiro atoms. The number of halogens is 1. The topological polar surface area (TPSA) is 62.3 Å². The van der Waals surface area contributed by atoms with Crippen molar-refractivity contribution in [3.8, 4) is 0 Å². The molecule has 0 unspecified atom stereocenters. The third kappa shape index (κ3) is 4.57. The lowest BCUT2D eigenvalue weighted by Gasteiger charge is -2.26. The van der Waals surface area contributed by atoms with Crippen molar-refractivity contribution in [1.29, 1.82) is 0 Å². The predicted octanol–water partition coefficient (Wildman–Crippen LogP) is 3.29. The van der Waals surface area contributed by atoms with Crippen LogP contribution in [0.2, 0.25) is 5.02 Å². The van der Waals surface area contributed by atoms with Crippen LogP contribution < -0.4 is 5.32 Å². The molecular weight excluding hydrogens is 338 g/mol. The molecule has 3 rings (SSSR count). The smallest absolute Gasteiger partial charge is 0.270 e. The van der Waals surface area contributed by atoms with E-state index in [1.165, 1.54) is 12.6 Å². The zero-order chi connectivity index (χ0) is 17.6. The normalized spacial score (nSPS) is 14.2. The molecule has 2 heterocycles. The number of pyridine rings is 1. The zero-order valence-corrected chi connectivity index (χ0v) is 14.6. The summed E-state index contributed by atoms with van der Waals surface area (Å²) in [4.78, 5) is 30.8. The number of hydrogen-bond acceptors (Lipinski definition) is 3. The molecule has 5 nitrogen and oxygen atoms in total. The quantitative estimate of drug-likeness (QED) is 0.913. The van der Waals surface area contributed by atoms with Crippen LogP contribution in [0.4, 0.5) is 0 Å². The average Bonchev–Trinajstić information content (AvgIpc) is 2.67. The molecule has 25 heavy (non-hydrogen) atoms. The van der Waals surface area contributed by atoms with Gasteiger partial charge in [0.2, 0.25) is 0 Å². The largest absolute Gasteiger partial charge is 0.347 e. The maximum Gasteiger partial charge on any atom is 0.270 e. The fourth-order valence-electron chi connectivity index (χ4n) is 2.84. The van der Waals surface area contributed by atoms with E-state index in [2.05, 4.69) is 10.3 Å². The molecule has 0 saturated carbocycles.